The van der Waals surface area contributed by atoms with Gasteiger partial charge >= 0.3 is 0 Å². The highest BCUT2D eigenvalue weighted by Gasteiger charge is 2.29. The molecule has 6 nitrogen and oxygen atoms in total. The first-order valence-electron chi connectivity index (χ1n) is 9.07. The van der Waals surface area contributed by atoms with Crippen LogP contribution in [0.5, 0.6) is 0 Å². The second-order valence-electron chi connectivity index (χ2n) is 6.76. The molecule has 3 rings (SSSR count). The van der Waals surface area contributed by atoms with Crippen LogP contribution in [0.4, 0.5) is 5.69 Å². The molecule has 1 aliphatic heterocycles. The lowest BCUT2D eigenvalue weighted by Crippen LogP contribution is -2.45. The van der Waals surface area contributed by atoms with Crippen molar-refractivity contribution in [3.8, 4) is 0 Å². The minimum absolute atomic E-state index is 0.0283. The van der Waals surface area contributed by atoms with Gasteiger partial charge in [-0.25, -0.2) is 0 Å². The molecule has 3 amide bonds. The van der Waals surface area contributed by atoms with Crippen LogP contribution in [0, 0.1) is 0 Å². The van der Waals surface area contributed by atoms with Gasteiger partial charge in [0.1, 0.15) is 6.04 Å². The average Bonchev–Trinajstić information content (AvgIpc) is 2.77. The summed E-state index contributed by atoms with van der Waals surface area (Å²) in [5, 5.41) is 8.25. The number of benzene rings is 2. The Balaban J connectivity index is 1.53. The van der Waals surface area contributed by atoms with E-state index in [1.54, 1.807) is 24.3 Å². The van der Waals surface area contributed by atoms with Crippen LogP contribution in [-0.2, 0) is 16.0 Å². The molecule has 3 N–H and O–H groups in total. The second kappa shape index (κ2) is 8.49. The standard InChI is InChI=1S/C21H23N3O3/c1-14(11-12-15-7-3-2-4-8-15)22-19(25)13-18-21(27)23-17-10-6-5-9-16(17)20(26)24-18/h2-10,14,18H,11-13H2,1H3,(H,22,25)(H,23,27)(H,24,26). The Morgan fingerprint density at radius 2 is 1.78 bits per heavy atom. The predicted molar refractivity (Wildman–Crippen MR) is 103 cm³/mol. The summed E-state index contributed by atoms with van der Waals surface area (Å²) in [7, 11) is 0. The second-order valence-corrected chi connectivity index (χ2v) is 6.76. The van der Waals surface area contributed by atoms with Gasteiger partial charge in [-0.1, -0.05) is 42.5 Å². The van der Waals surface area contributed by atoms with Gasteiger partial charge in [0.05, 0.1) is 17.7 Å². The molecule has 0 aliphatic carbocycles. The molecule has 0 aromatic heterocycles. The minimum Gasteiger partial charge on any atom is -0.354 e. The van der Waals surface area contributed by atoms with Crippen molar-refractivity contribution in [2.75, 3.05) is 5.32 Å². The van der Waals surface area contributed by atoms with Crippen LogP contribution in [0.2, 0.25) is 0 Å². The van der Waals surface area contributed by atoms with Crippen LogP contribution in [0.1, 0.15) is 35.7 Å². The third-order valence-corrected chi connectivity index (χ3v) is 4.56. The third kappa shape index (κ3) is 4.94. The molecule has 6 heteroatoms. The van der Waals surface area contributed by atoms with Crippen LogP contribution in [0.25, 0.3) is 0 Å². The van der Waals surface area contributed by atoms with Crippen molar-refractivity contribution in [3.05, 3.63) is 65.7 Å². The molecule has 140 valence electrons. The number of anilines is 1. The van der Waals surface area contributed by atoms with Crippen LogP contribution < -0.4 is 16.0 Å². The normalized spacial score (nSPS) is 17.1. The van der Waals surface area contributed by atoms with Crippen molar-refractivity contribution in [1.29, 1.82) is 0 Å². The fourth-order valence-corrected chi connectivity index (χ4v) is 3.07. The number of carbonyl (C=O) groups is 3. The highest BCUT2D eigenvalue weighted by Crippen LogP contribution is 2.18. The van der Waals surface area contributed by atoms with E-state index in [9.17, 15) is 14.4 Å². The van der Waals surface area contributed by atoms with Crippen molar-refractivity contribution < 1.29 is 14.4 Å². The van der Waals surface area contributed by atoms with Crippen LogP contribution >= 0.6 is 0 Å². The molecule has 1 aliphatic rings. The highest BCUT2D eigenvalue weighted by atomic mass is 16.2. The number of amides is 3. The van der Waals surface area contributed by atoms with E-state index in [4.69, 9.17) is 0 Å². The number of rotatable bonds is 6. The van der Waals surface area contributed by atoms with E-state index in [1.165, 1.54) is 5.56 Å². The van der Waals surface area contributed by atoms with Crippen molar-refractivity contribution in [2.24, 2.45) is 0 Å². The molecule has 0 bridgehead atoms. The van der Waals surface area contributed by atoms with E-state index in [0.717, 1.165) is 12.8 Å². The topological polar surface area (TPSA) is 87.3 Å². The summed E-state index contributed by atoms with van der Waals surface area (Å²) in [5.74, 6) is -1.01. The number of para-hydroxylation sites is 1. The number of hydrogen-bond acceptors (Lipinski definition) is 3. The number of fused-ring (bicyclic) bond motifs is 1. The van der Waals surface area contributed by atoms with Gasteiger partial charge in [-0.05, 0) is 37.5 Å². The number of aryl methyl sites for hydroxylation is 1. The number of hydrogen-bond donors (Lipinski definition) is 3. The summed E-state index contributed by atoms with van der Waals surface area (Å²) in [6, 6.07) is 15.9. The quantitative estimate of drug-likeness (QED) is 0.734. The zero-order valence-corrected chi connectivity index (χ0v) is 15.2. The molecule has 0 fully saturated rings. The zero-order chi connectivity index (χ0) is 19.2. The Morgan fingerprint density at radius 1 is 1.07 bits per heavy atom. The van der Waals surface area contributed by atoms with Gasteiger partial charge in [0.2, 0.25) is 11.8 Å². The Hall–Kier alpha value is -3.15. The van der Waals surface area contributed by atoms with Gasteiger partial charge in [-0.3, -0.25) is 14.4 Å². The molecule has 27 heavy (non-hydrogen) atoms. The average molecular weight is 365 g/mol. The summed E-state index contributed by atoms with van der Waals surface area (Å²) < 4.78 is 0. The van der Waals surface area contributed by atoms with Crippen molar-refractivity contribution >= 4 is 23.4 Å². The van der Waals surface area contributed by atoms with E-state index in [0.29, 0.717) is 11.3 Å². The summed E-state index contributed by atoms with van der Waals surface area (Å²) in [4.78, 5) is 37.0. The molecule has 0 radical (unpaired) electrons. The van der Waals surface area contributed by atoms with E-state index >= 15 is 0 Å². The molecular formula is C21H23N3O3. The summed E-state index contributed by atoms with van der Waals surface area (Å²) in [5.41, 5.74) is 2.07. The molecule has 2 atom stereocenters. The molecule has 0 saturated heterocycles. The number of carbonyl (C=O) groups excluding carboxylic acids is 3. The molecule has 1 heterocycles. The lowest BCUT2D eigenvalue weighted by molar-refractivity contribution is -0.126. The minimum atomic E-state index is -0.897. The summed E-state index contributed by atoms with van der Waals surface area (Å²) >= 11 is 0. The van der Waals surface area contributed by atoms with Gasteiger partial charge in [0.15, 0.2) is 0 Å². The molecule has 2 unspecified atom stereocenters. The molecular weight excluding hydrogens is 342 g/mol. The SMILES string of the molecule is CC(CCc1ccccc1)NC(=O)CC1NC(=O)c2ccccc2NC1=O. The zero-order valence-electron chi connectivity index (χ0n) is 15.2. The monoisotopic (exact) mass is 365 g/mol. The lowest BCUT2D eigenvalue weighted by Gasteiger charge is -2.17. The molecule has 2 aromatic rings. The van der Waals surface area contributed by atoms with Gasteiger partial charge < -0.3 is 16.0 Å². The van der Waals surface area contributed by atoms with Gasteiger partial charge in [-0.2, -0.15) is 0 Å². The van der Waals surface area contributed by atoms with E-state index < -0.39 is 6.04 Å². The fraction of sp³-hybridized carbons (Fsp3) is 0.286. The Morgan fingerprint density at radius 3 is 2.56 bits per heavy atom. The first-order chi connectivity index (χ1) is 13.0. The maximum atomic E-state index is 12.3. The fourth-order valence-electron chi connectivity index (χ4n) is 3.07. The Bertz CT molecular complexity index is 836. The maximum Gasteiger partial charge on any atom is 0.254 e. The lowest BCUT2D eigenvalue weighted by atomic mass is 10.1. The highest BCUT2D eigenvalue weighted by molar-refractivity contribution is 6.10. The van der Waals surface area contributed by atoms with E-state index in [-0.39, 0.29) is 30.2 Å². The van der Waals surface area contributed by atoms with Crippen molar-refractivity contribution in [2.45, 2.75) is 38.3 Å². The maximum absolute atomic E-state index is 12.3. The molecule has 2 aromatic carbocycles. The van der Waals surface area contributed by atoms with Crippen LogP contribution in [-0.4, -0.2) is 29.8 Å². The Kier molecular flexibility index (Phi) is 5.86. The summed E-state index contributed by atoms with van der Waals surface area (Å²) in [6.45, 7) is 1.93. The van der Waals surface area contributed by atoms with Crippen LogP contribution in [0.3, 0.4) is 0 Å². The van der Waals surface area contributed by atoms with Crippen molar-refractivity contribution in [1.82, 2.24) is 10.6 Å². The molecule has 0 saturated carbocycles. The predicted octanol–water partition coefficient (Wildman–Crippen LogP) is 2.26. The number of nitrogens with one attached hydrogen (secondary N) is 3. The first kappa shape index (κ1) is 18.6. The van der Waals surface area contributed by atoms with Crippen LogP contribution in [0.15, 0.2) is 54.6 Å². The third-order valence-electron chi connectivity index (χ3n) is 4.56. The van der Waals surface area contributed by atoms with Crippen molar-refractivity contribution in [3.63, 3.8) is 0 Å². The van der Waals surface area contributed by atoms with Gasteiger partial charge in [-0.15, -0.1) is 0 Å². The smallest absolute Gasteiger partial charge is 0.254 e. The van der Waals surface area contributed by atoms with E-state index in [2.05, 4.69) is 28.1 Å². The summed E-state index contributed by atoms with van der Waals surface area (Å²) in [6.07, 6.45) is 1.56. The largest absolute Gasteiger partial charge is 0.354 e. The first-order valence-corrected chi connectivity index (χ1v) is 9.07. The molecule has 0 spiro atoms. The van der Waals surface area contributed by atoms with E-state index in [1.807, 2.05) is 25.1 Å². The van der Waals surface area contributed by atoms with Gasteiger partial charge in [0.25, 0.3) is 5.91 Å². The Labute approximate surface area is 158 Å². The van der Waals surface area contributed by atoms with Gasteiger partial charge in [0, 0.05) is 6.04 Å².